The summed E-state index contributed by atoms with van der Waals surface area (Å²) in [5.41, 5.74) is 3.14. The van der Waals surface area contributed by atoms with Gasteiger partial charge >= 0.3 is 0 Å². The Bertz CT molecular complexity index is 1430. The first-order chi connectivity index (χ1) is 15.8. The van der Waals surface area contributed by atoms with Gasteiger partial charge in [-0.1, -0.05) is 35.5 Å². The van der Waals surface area contributed by atoms with Gasteiger partial charge in [-0.05, 0) is 99.6 Å². The molecule has 0 spiro atoms. The average molecular weight is 753 g/mol. The quantitative estimate of drug-likeness (QED) is 0.0904. The molecule has 2 amide bonds. The van der Waals surface area contributed by atoms with Crippen LogP contribution < -0.4 is 4.90 Å². The van der Waals surface area contributed by atoms with Gasteiger partial charge in [-0.15, -0.1) is 11.3 Å². The zero-order valence-corrected chi connectivity index (χ0v) is 24.9. The Morgan fingerprint density at radius 1 is 0.879 bits per heavy atom. The van der Waals surface area contributed by atoms with Crippen molar-refractivity contribution in [3.05, 3.63) is 82.1 Å². The van der Waals surface area contributed by atoms with Crippen molar-refractivity contribution < 1.29 is 9.59 Å². The number of hydrogen-bond acceptors (Lipinski definition) is 5. The Labute approximate surface area is 235 Å². The van der Waals surface area contributed by atoms with Gasteiger partial charge in [-0.2, -0.15) is 0 Å². The second-order valence-electron chi connectivity index (χ2n) is 7.00. The highest BCUT2D eigenvalue weighted by Gasteiger charge is 2.42. The molecule has 11 heteroatoms. The Balaban J connectivity index is 1.46. The van der Waals surface area contributed by atoms with Crippen molar-refractivity contribution in [3.8, 4) is 0 Å². The minimum atomic E-state index is -0.378. The third-order valence-electron chi connectivity index (χ3n) is 4.99. The van der Waals surface area contributed by atoms with E-state index in [4.69, 9.17) is 11.6 Å². The van der Waals surface area contributed by atoms with E-state index in [9.17, 15) is 9.59 Å². The number of amides is 2. The summed E-state index contributed by atoms with van der Waals surface area (Å²) in [5.74, 6) is 0.0163. The minimum absolute atomic E-state index is 0.325. The zero-order chi connectivity index (χ0) is 23.4. The molecule has 4 aromatic rings. The highest BCUT2D eigenvalue weighted by atomic mass is 79.9. The fourth-order valence-electron chi connectivity index (χ4n) is 3.40. The normalized spacial score (nSPS) is 13.3. The van der Waals surface area contributed by atoms with Crippen LogP contribution in [-0.4, -0.2) is 16.8 Å². The van der Waals surface area contributed by atoms with Crippen LogP contribution in [0.1, 0.15) is 26.3 Å². The monoisotopic (exact) mass is 748 g/mol. The van der Waals surface area contributed by atoms with Gasteiger partial charge in [-0.3, -0.25) is 9.59 Å². The number of fused-ring (bicyclic) bond motifs is 2. The number of thiazole rings is 1. The van der Waals surface area contributed by atoms with Gasteiger partial charge in [0.1, 0.15) is 0 Å². The van der Waals surface area contributed by atoms with Gasteiger partial charge in [0.15, 0.2) is 4.34 Å². The molecule has 0 saturated heterocycles. The Morgan fingerprint density at radius 3 is 2.09 bits per heavy atom. The molecule has 2 heterocycles. The van der Waals surface area contributed by atoms with Crippen LogP contribution in [0.3, 0.4) is 0 Å². The predicted molar refractivity (Wildman–Crippen MR) is 149 cm³/mol. The molecule has 0 atom stereocenters. The number of hydrogen-bond donors (Lipinski definition) is 0. The number of carbonyl (C=O) groups is 2. The first kappa shape index (κ1) is 24.0. The van der Waals surface area contributed by atoms with Gasteiger partial charge in [-0.25, -0.2) is 9.88 Å². The standard InChI is InChI=1S/C22H9Br4ClN2O2S2/c23-16-14-15(17(24)19(26)18(16)25)21(31)29(20(14)30)11-5-6-12-13(7-11)33-22(28-12)32-8-9-1-3-10(27)4-2-9/h1-7H,8H2. The summed E-state index contributed by atoms with van der Waals surface area (Å²) in [5, 5.41) is 0.711. The zero-order valence-electron chi connectivity index (χ0n) is 16.2. The van der Waals surface area contributed by atoms with E-state index in [1.165, 1.54) is 16.2 Å². The molecule has 5 rings (SSSR count). The molecule has 1 aliphatic rings. The second-order valence-corrected chi connectivity index (χ2v) is 12.9. The highest BCUT2D eigenvalue weighted by Crippen LogP contribution is 2.46. The molecule has 0 bridgehead atoms. The molecule has 0 N–H and O–H groups in total. The molecule has 33 heavy (non-hydrogen) atoms. The Hall–Kier alpha value is -0.750. The van der Waals surface area contributed by atoms with E-state index < -0.39 is 0 Å². The number of rotatable bonds is 4. The summed E-state index contributed by atoms with van der Waals surface area (Å²) in [6, 6.07) is 13.2. The van der Waals surface area contributed by atoms with E-state index in [1.807, 2.05) is 36.4 Å². The van der Waals surface area contributed by atoms with E-state index >= 15 is 0 Å². The van der Waals surface area contributed by atoms with Crippen molar-refractivity contribution in [2.75, 3.05) is 4.90 Å². The lowest BCUT2D eigenvalue weighted by Gasteiger charge is -2.13. The number of aromatic nitrogens is 1. The topological polar surface area (TPSA) is 50.3 Å². The molecule has 0 radical (unpaired) electrons. The number of halogens is 5. The number of imide groups is 1. The maximum absolute atomic E-state index is 13.3. The maximum atomic E-state index is 13.3. The number of thioether (sulfide) groups is 1. The SMILES string of the molecule is O=C1c2c(Br)c(Br)c(Br)c(Br)c2C(=O)N1c1ccc2nc(SCc3ccc(Cl)cc3)sc2c1. The third-order valence-corrected chi connectivity index (χ3v) is 12.2. The van der Waals surface area contributed by atoms with Crippen LogP contribution in [-0.2, 0) is 5.75 Å². The fourth-order valence-corrected chi connectivity index (χ4v) is 8.04. The number of anilines is 1. The Morgan fingerprint density at radius 2 is 1.48 bits per heavy atom. The number of carbonyl (C=O) groups excluding carboxylic acids is 2. The van der Waals surface area contributed by atoms with Crippen molar-refractivity contribution >= 4 is 126 Å². The summed E-state index contributed by atoms with van der Waals surface area (Å²) in [6.45, 7) is 0. The van der Waals surface area contributed by atoms with E-state index in [0.717, 1.165) is 25.9 Å². The van der Waals surface area contributed by atoms with Crippen molar-refractivity contribution in [1.82, 2.24) is 4.98 Å². The van der Waals surface area contributed by atoms with Gasteiger partial charge < -0.3 is 0 Å². The highest BCUT2D eigenvalue weighted by molar-refractivity contribution is 9.15. The summed E-state index contributed by atoms with van der Waals surface area (Å²) in [6.07, 6.45) is 0. The summed E-state index contributed by atoms with van der Waals surface area (Å²) < 4.78 is 4.22. The third kappa shape index (κ3) is 4.26. The van der Waals surface area contributed by atoms with Crippen LogP contribution in [0.4, 0.5) is 5.69 Å². The molecule has 0 unspecified atom stereocenters. The first-order valence-corrected chi connectivity index (χ1v) is 14.6. The lowest BCUT2D eigenvalue weighted by molar-refractivity contribution is 0.0926. The molecule has 4 nitrogen and oxygen atoms in total. The molecular formula is C22H9Br4ClN2O2S2. The van der Waals surface area contributed by atoms with Crippen molar-refractivity contribution in [1.29, 1.82) is 0 Å². The molecule has 0 fully saturated rings. The lowest BCUT2D eigenvalue weighted by Crippen LogP contribution is -2.29. The summed E-state index contributed by atoms with van der Waals surface area (Å²) >= 11 is 22.9. The molecule has 166 valence electrons. The van der Waals surface area contributed by atoms with Gasteiger partial charge in [0.05, 0.1) is 27.0 Å². The van der Waals surface area contributed by atoms with Crippen LogP contribution in [0.5, 0.6) is 0 Å². The second kappa shape index (κ2) is 9.37. The number of nitrogens with zero attached hydrogens (tertiary/aromatic N) is 2. The van der Waals surface area contributed by atoms with E-state index in [2.05, 4.69) is 68.7 Å². The minimum Gasteiger partial charge on any atom is -0.268 e. The van der Waals surface area contributed by atoms with Crippen molar-refractivity contribution in [2.24, 2.45) is 0 Å². The summed E-state index contributed by atoms with van der Waals surface area (Å²) in [4.78, 5) is 32.4. The molecule has 1 aliphatic heterocycles. The van der Waals surface area contributed by atoms with Crippen molar-refractivity contribution in [2.45, 2.75) is 10.1 Å². The molecule has 1 aromatic heterocycles. The van der Waals surface area contributed by atoms with E-state index in [1.54, 1.807) is 17.8 Å². The van der Waals surface area contributed by atoms with E-state index in [0.29, 0.717) is 39.7 Å². The predicted octanol–water partition coefficient (Wildman–Crippen LogP) is 9.09. The smallest absolute Gasteiger partial charge is 0.267 e. The summed E-state index contributed by atoms with van der Waals surface area (Å²) in [7, 11) is 0. The van der Waals surface area contributed by atoms with Gasteiger partial charge in [0.25, 0.3) is 11.8 Å². The lowest BCUT2D eigenvalue weighted by atomic mass is 10.1. The fraction of sp³-hybridized carbons (Fsp3) is 0.0455. The Kier molecular flexibility index (Phi) is 6.80. The molecule has 3 aromatic carbocycles. The van der Waals surface area contributed by atoms with Gasteiger partial charge in [0, 0.05) is 28.7 Å². The van der Waals surface area contributed by atoms with Crippen molar-refractivity contribution in [3.63, 3.8) is 0 Å². The molecular weight excluding hydrogens is 743 g/mol. The maximum Gasteiger partial charge on any atom is 0.267 e. The van der Waals surface area contributed by atoms with Crippen LogP contribution >= 0.6 is 98.4 Å². The average Bonchev–Trinajstić information content (AvgIpc) is 3.32. The number of benzene rings is 3. The largest absolute Gasteiger partial charge is 0.268 e. The van der Waals surface area contributed by atoms with Crippen LogP contribution in [0.25, 0.3) is 10.2 Å². The molecule has 0 aliphatic carbocycles. The van der Waals surface area contributed by atoms with Crippen LogP contribution in [0, 0.1) is 0 Å². The first-order valence-electron chi connectivity index (χ1n) is 9.29. The van der Waals surface area contributed by atoms with Gasteiger partial charge in [0.2, 0.25) is 0 Å². The van der Waals surface area contributed by atoms with Crippen LogP contribution in [0.15, 0.2) is 64.7 Å². The molecule has 0 saturated carbocycles. The van der Waals surface area contributed by atoms with E-state index in [-0.39, 0.29) is 11.8 Å². The van der Waals surface area contributed by atoms with Crippen LogP contribution in [0.2, 0.25) is 5.02 Å².